The molecule has 2 rings (SSSR count). The summed E-state index contributed by atoms with van der Waals surface area (Å²) in [4.78, 5) is 30.8. The predicted molar refractivity (Wildman–Crippen MR) is 112 cm³/mol. The van der Waals surface area contributed by atoms with Gasteiger partial charge in [0, 0.05) is 21.1 Å². The molecule has 0 bridgehead atoms. The fraction of sp³-hybridized carbons (Fsp3) is 0.421. The van der Waals surface area contributed by atoms with Gasteiger partial charge in [-0.3, -0.25) is 9.59 Å². The molecule has 29 heavy (non-hydrogen) atoms. The molecule has 156 valence electrons. The van der Waals surface area contributed by atoms with Gasteiger partial charge in [-0.25, -0.2) is 4.98 Å². The van der Waals surface area contributed by atoms with Crippen LogP contribution in [0, 0.1) is 0 Å². The van der Waals surface area contributed by atoms with E-state index in [1.165, 1.54) is 0 Å². The van der Waals surface area contributed by atoms with Crippen LogP contribution in [0.15, 0.2) is 24.3 Å². The van der Waals surface area contributed by atoms with Crippen molar-refractivity contribution in [3.05, 3.63) is 29.8 Å². The van der Waals surface area contributed by atoms with Crippen molar-refractivity contribution in [3.8, 4) is 0 Å². The number of hydrogen-bond donors (Lipinski definition) is 3. The number of carbonyl (C=O) groups is 2. The van der Waals surface area contributed by atoms with E-state index in [-0.39, 0.29) is 17.9 Å². The van der Waals surface area contributed by atoms with Gasteiger partial charge in [0.05, 0.1) is 5.56 Å². The van der Waals surface area contributed by atoms with Gasteiger partial charge in [-0.05, 0) is 45.0 Å². The minimum atomic E-state index is -0.601. The molecule has 0 saturated heterocycles. The zero-order valence-electron chi connectivity index (χ0n) is 17.5. The molecule has 2 aromatic heterocycles. The summed E-state index contributed by atoms with van der Waals surface area (Å²) in [6.07, 6.45) is 0. The van der Waals surface area contributed by atoms with Gasteiger partial charge >= 0.3 is 5.97 Å². The molecule has 10 nitrogen and oxygen atoms in total. The number of nitrogens with one attached hydrogen (secondary N) is 3. The molecule has 0 aromatic carbocycles. The van der Waals surface area contributed by atoms with E-state index in [4.69, 9.17) is 4.74 Å². The number of pyridine rings is 1. The molecule has 0 aliphatic carbocycles. The number of aromatic nitrogens is 3. The zero-order valence-corrected chi connectivity index (χ0v) is 17.5. The smallest absolute Gasteiger partial charge is 0.325 e. The van der Waals surface area contributed by atoms with Crippen molar-refractivity contribution in [2.75, 3.05) is 48.5 Å². The van der Waals surface area contributed by atoms with Crippen molar-refractivity contribution < 1.29 is 14.3 Å². The molecule has 0 radical (unpaired) electrons. The van der Waals surface area contributed by atoms with Gasteiger partial charge in [0.15, 0.2) is 11.6 Å². The molecule has 0 aliphatic heterocycles. The number of nitrogens with zero attached hydrogens (tertiary/aromatic N) is 4. The van der Waals surface area contributed by atoms with Crippen LogP contribution in [0.4, 0.5) is 23.3 Å². The van der Waals surface area contributed by atoms with Gasteiger partial charge in [0.2, 0.25) is 0 Å². The van der Waals surface area contributed by atoms with Gasteiger partial charge in [-0.1, -0.05) is 0 Å². The number of anilines is 4. The van der Waals surface area contributed by atoms with Crippen molar-refractivity contribution in [1.82, 2.24) is 15.2 Å². The van der Waals surface area contributed by atoms with E-state index in [1.54, 1.807) is 57.0 Å². The SMILES string of the molecule is CNc1ccc(C(=O)Nc2ccc(N(C)C)nn2)c(NCC(=O)OC(C)(C)C)n1. The van der Waals surface area contributed by atoms with Crippen LogP contribution in [0.1, 0.15) is 31.1 Å². The monoisotopic (exact) mass is 401 g/mol. The third-order valence-electron chi connectivity index (χ3n) is 3.57. The van der Waals surface area contributed by atoms with E-state index in [1.807, 2.05) is 14.1 Å². The van der Waals surface area contributed by atoms with Crippen LogP contribution in [0.5, 0.6) is 0 Å². The van der Waals surface area contributed by atoms with Crippen LogP contribution in [-0.4, -0.2) is 60.3 Å². The summed E-state index contributed by atoms with van der Waals surface area (Å²) in [6, 6.07) is 6.66. The average Bonchev–Trinajstić information content (AvgIpc) is 2.65. The second-order valence-corrected chi connectivity index (χ2v) is 7.41. The number of carbonyl (C=O) groups excluding carboxylic acids is 2. The number of hydrogen-bond acceptors (Lipinski definition) is 9. The fourth-order valence-corrected chi connectivity index (χ4v) is 2.26. The van der Waals surface area contributed by atoms with E-state index in [9.17, 15) is 9.59 Å². The number of esters is 1. The second-order valence-electron chi connectivity index (χ2n) is 7.41. The maximum atomic E-state index is 12.7. The molecule has 1 amide bonds. The highest BCUT2D eigenvalue weighted by Gasteiger charge is 2.19. The van der Waals surface area contributed by atoms with Crippen LogP contribution < -0.4 is 20.9 Å². The summed E-state index contributed by atoms with van der Waals surface area (Å²) in [6.45, 7) is 5.22. The van der Waals surface area contributed by atoms with Crippen LogP contribution in [0.2, 0.25) is 0 Å². The van der Waals surface area contributed by atoms with Crippen LogP contribution in [0.25, 0.3) is 0 Å². The normalized spacial score (nSPS) is 10.8. The Balaban J connectivity index is 2.16. The number of rotatable bonds is 7. The molecule has 0 aliphatic rings. The van der Waals surface area contributed by atoms with Gasteiger partial charge < -0.3 is 25.6 Å². The summed E-state index contributed by atoms with van der Waals surface area (Å²) in [5.41, 5.74) is -0.345. The molecule has 10 heteroatoms. The summed E-state index contributed by atoms with van der Waals surface area (Å²) in [5, 5.41) is 16.5. The number of ether oxygens (including phenoxy) is 1. The Kier molecular flexibility index (Phi) is 6.92. The highest BCUT2D eigenvalue weighted by Crippen LogP contribution is 2.18. The summed E-state index contributed by atoms with van der Waals surface area (Å²) in [5.74, 6) is 0.880. The van der Waals surface area contributed by atoms with Crippen molar-refractivity contribution in [1.29, 1.82) is 0 Å². The van der Waals surface area contributed by atoms with E-state index in [2.05, 4.69) is 31.1 Å². The lowest BCUT2D eigenvalue weighted by atomic mass is 10.2. The Morgan fingerprint density at radius 2 is 1.76 bits per heavy atom. The Morgan fingerprint density at radius 1 is 1.07 bits per heavy atom. The van der Waals surface area contributed by atoms with E-state index in [0.717, 1.165) is 0 Å². The van der Waals surface area contributed by atoms with Gasteiger partial charge in [-0.15, -0.1) is 10.2 Å². The molecule has 0 unspecified atom stereocenters. The predicted octanol–water partition coefficient (Wildman–Crippen LogP) is 1.99. The molecule has 0 spiro atoms. The first-order valence-corrected chi connectivity index (χ1v) is 9.06. The Bertz CT molecular complexity index is 861. The van der Waals surface area contributed by atoms with Gasteiger partial charge in [-0.2, -0.15) is 0 Å². The first-order valence-electron chi connectivity index (χ1n) is 9.06. The van der Waals surface area contributed by atoms with Crippen LogP contribution in [-0.2, 0) is 9.53 Å². The minimum absolute atomic E-state index is 0.130. The quantitative estimate of drug-likeness (QED) is 0.598. The third kappa shape index (κ3) is 6.59. The highest BCUT2D eigenvalue weighted by molar-refractivity contribution is 6.07. The topological polar surface area (TPSA) is 121 Å². The summed E-state index contributed by atoms with van der Waals surface area (Å²) < 4.78 is 5.27. The van der Waals surface area contributed by atoms with Gasteiger partial charge in [0.1, 0.15) is 23.8 Å². The molecular formula is C19H27N7O3. The van der Waals surface area contributed by atoms with Crippen molar-refractivity contribution >= 4 is 35.1 Å². The number of amides is 1. The summed E-state index contributed by atoms with van der Waals surface area (Å²) in [7, 11) is 5.40. The lowest BCUT2D eigenvalue weighted by Crippen LogP contribution is -2.29. The highest BCUT2D eigenvalue weighted by atomic mass is 16.6. The molecule has 0 atom stereocenters. The van der Waals surface area contributed by atoms with E-state index < -0.39 is 17.5 Å². The Hall–Kier alpha value is -3.43. The van der Waals surface area contributed by atoms with Crippen molar-refractivity contribution in [3.63, 3.8) is 0 Å². The van der Waals surface area contributed by atoms with Crippen molar-refractivity contribution in [2.24, 2.45) is 0 Å². The largest absolute Gasteiger partial charge is 0.459 e. The lowest BCUT2D eigenvalue weighted by Gasteiger charge is -2.20. The lowest BCUT2D eigenvalue weighted by molar-refractivity contribution is -0.152. The summed E-state index contributed by atoms with van der Waals surface area (Å²) >= 11 is 0. The molecule has 2 aromatic rings. The maximum Gasteiger partial charge on any atom is 0.325 e. The maximum absolute atomic E-state index is 12.7. The zero-order chi connectivity index (χ0) is 21.6. The first-order chi connectivity index (χ1) is 13.6. The fourth-order valence-electron chi connectivity index (χ4n) is 2.26. The molecular weight excluding hydrogens is 374 g/mol. The Morgan fingerprint density at radius 3 is 2.31 bits per heavy atom. The van der Waals surface area contributed by atoms with Crippen LogP contribution in [0.3, 0.4) is 0 Å². The molecule has 0 fully saturated rings. The van der Waals surface area contributed by atoms with E-state index >= 15 is 0 Å². The van der Waals surface area contributed by atoms with E-state index in [0.29, 0.717) is 17.5 Å². The van der Waals surface area contributed by atoms with Gasteiger partial charge in [0.25, 0.3) is 5.91 Å². The standard InChI is InChI=1S/C19H27N7O3/c1-19(2,3)29-16(27)11-21-17-12(7-8-13(20-4)22-17)18(28)23-14-9-10-15(25-24-14)26(5)6/h7-10H,11H2,1-6H3,(H2,20,21,22)(H,23,24,28). The Labute approximate surface area is 170 Å². The molecule has 2 heterocycles. The molecule has 3 N–H and O–H groups in total. The molecule has 0 saturated carbocycles. The van der Waals surface area contributed by atoms with Crippen molar-refractivity contribution in [2.45, 2.75) is 26.4 Å². The first kappa shape index (κ1) is 21.9. The third-order valence-corrected chi connectivity index (χ3v) is 3.57. The second kappa shape index (κ2) is 9.18. The minimum Gasteiger partial charge on any atom is -0.459 e. The van der Waals surface area contributed by atoms with Crippen LogP contribution >= 0.6 is 0 Å². The average molecular weight is 401 g/mol.